The predicted octanol–water partition coefficient (Wildman–Crippen LogP) is 2.90. The third kappa shape index (κ3) is 5.17. The second kappa shape index (κ2) is 8.86. The standard InChI is InChI=1S/C22H24F2N4O2S/c1-14(29)27-19(9-15-7-16(23)10-17(24)8-15)20(30)12-25-22(3-4-22)21-11-18(13-31-21)28-6-2-5-26-28/h2,5-8,10-11,13,19-20,25,30H,3-4,9,12H2,1H3,(H,27,29). The Kier molecular flexibility index (Phi) is 6.17. The molecular formula is C22H24F2N4O2S. The summed E-state index contributed by atoms with van der Waals surface area (Å²) in [7, 11) is 0. The maximum atomic E-state index is 13.5. The fraction of sp³-hybridized carbons (Fsp3) is 0.364. The Balaban J connectivity index is 1.42. The molecule has 0 spiro atoms. The summed E-state index contributed by atoms with van der Waals surface area (Å²) in [5.41, 5.74) is 1.16. The van der Waals surface area contributed by atoms with E-state index in [4.69, 9.17) is 0 Å². The van der Waals surface area contributed by atoms with Crippen molar-refractivity contribution in [2.75, 3.05) is 6.54 Å². The molecule has 0 saturated heterocycles. The lowest BCUT2D eigenvalue weighted by Gasteiger charge is -2.26. The summed E-state index contributed by atoms with van der Waals surface area (Å²) in [5, 5.41) is 23.2. The Morgan fingerprint density at radius 2 is 2.03 bits per heavy atom. The molecule has 164 valence electrons. The van der Waals surface area contributed by atoms with E-state index in [1.54, 1.807) is 22.2 Å². The highest BCUT2D eigenvalue weighted by atomic mass is 32.1. The molecule has 2 atom stereocenters. The SMILES string of the molecule is CC(=O)NC(Cc1cc(F)cc(F)c1)C(O)CNC1(c2cc(-n3cccn3)cs2)CC1. The summed E-state index contributed by atoms with van der Waals surface area (Å²) in [4.78, 5) is 12.8. The minimum atomic E-state index is -0.932. The lowest BCUT2D eigenvalue weighted by molar-refractivity contribution is -0.120. The van der Waals surface area contributed by atoms with Crippen molar-refractivity contribution in [2.24, 2.45) is 0 Å². The van der Waals surface area contributed by atoms with Gasteiger partial charge < -0.3 is 15.7 Å². The molecule has 1 saturated carbocycles. The van der Waals surface area contributed by atoms with Crippen LogP contribution in [0.4, 0.5) is 8.78 Å². The lowest BCUT2D eigenvalue weighted by atomic mass is 10.00. The number of hydrogen-bond donors (Lipinski definition) is 3. The average molecular weight is 447 g/mol. The molecule has 2 aromatic heterocycles. The summed E-state index contributed by atoms with van der Waals surface area (Å²) in [6.45, 7) is 1.59. The minimum absolute atomic E-state index is 0.118. The molecule has 4 rings (SSSR count). The summed E-state index contributed by atoms with van der Waals surface area (Å²) in [6, 6.07) is 6.50. The van der Waals surface area contributed by atoms with Crippen LogP contribution in [0.1, 0.15) is 30.2 Å². The van der Waals surface area contributed by atoms with Crippen LogP contribution < -0.4 is 10.6 Å². The first kappa shape index (κ1) is 21.6. The van der Waals surface area contributed by atoms with Gasteiger partial charge in [-0.25, -0.2) is 13.5 Å². The lowest BCUT2D eigenvalue weighted by Crippen LogP contribution is -2.49. The molecular weight excluding hydrogens is 422 g/mol. The molecule has 0 aliphatic heterocycles. The Hall–Kier alpha value is -2.62. The number of nitrogens with one attached hydrogen (secondary N) is 2. The van der Waals surface area contributed by atoms with Gasteiger partial charge in [0, 0.05) is 42.2 Å². The highest BCUT2D eigenvalue weighted by molar-refractivity contribution is 7.10. The first-order chi connectivity index (χ1) is 14.8. The van der Waals surface area contributed by atoms with E-state index in [2.05, 4.69) is 21.8 Å². The number of amides is 1. The predicted molar refractivity (Wildman–Crippen MR) is 114 cm³/mol. The smallest absolute Gasteiger partial charge is 0.217 e. The van der Waals surface area contributed by atoms with E-state index in [9.17, 15) is 18.7 Å². The van der Waals surface area contributed by atoms with Crippen LogP contribution >= 0.6 is 11.3 Å². The summed E-state index contributed by atoms with van der Waals surface area (Å²) in [6.07, 6.45) is 4.68. The van der Waals surface area contributed by atoms with Gasteiger partial charge in [0.15, 0.2) is 0 Å². The van der Waals surface area contributed by atoms with E-state index in [0.29, 0.717) is 5.56 Å². The van der Waals surface area contributed by atoms with Crippen molar-refractivity contribution in [3.8, 4) is 5.69 Å². The maximum absolute atomic E-state index is 13.5. The number of thiophene rings is 1. The van der Waals surface area contributed by atoms with Crippen molar-refractivity contribution in [3.63, 3.8) is 0 Å². The van der Waals surface area contributed by atoms with Crippen LogP contribution in [-0.4, -0.2) is 39.5 Å². The molecule has 1 amide bonds. The first-order valence-corrected chi connectivity index (χ1v) is 11.0. The van der Waals surface area contributed by atoms with Crippen LogP contribution in [0.25, 0.3) is 5.69 Å². The van der Waals surface area contributed by atoms with Gasteiger partial charge in [0.25, 0.3) is 0 Å². The zero-order valence-corrected chi connectivity index (χ0v) is 17.8. The van der Waals surface area contributed by atoms with Crippen LogP contribution in [0.5, 0.6) is 0 Å². The van der Waals surface area contributed by atoms with E-state index in [1.807, 2.05) is 17.6 Å². The highest BCUT2D eigenvalue weighted by Gasteiger charge is 2.45. The van der Waals surface area contributed by atoms with Gasteiger partial charge in [0.2, 0.25) is 5.91 Å². The fourth-order valence-electron chi connectivity index (χ4n) is 3.72. The number of aliphatic hydroxyl groups is 1. The number of benzene rings is 1. The minimum Gasteiger partial charge on any atom is -0.390 e. The first-order valence-electron chi connectivity index (χ1n) is 10.1. The number of carbonyl (C=O) groups excluding carboxylic acids is 1. The van der Waals surface area contributed by atoms with Gasteiger partial charge in [-0.3, -0.25) is 4.79 Å². The van der Waals surface area contributed by atoms with Crippen LogP contribution in [0.3, 0.4) is 0 Å². The Bertz CT molecular complexity index is 1030. The van der Waals surface area contributed by atoms with Gasteiger partial charge in [-0.2, -0.15) is 5.10 Å². The van der Waals surface area contributed by atoms with Gasteiger partial charge in [0.05, 0.1) is 23.4 Å². The largest absolute Gasteiger partial charge is 0.390 e. The molecule has 1 fully saturated rings. The van der Waals surface area contributed by atoms with Gasteiger partial charge in [-0.05, 0) is 49.1 Å². The molecule has 1 aromatic carbocycles. The summed E-state index contributed by atoms with van der Waals surface area (Å²) in [5.74, 6) is -1.69. The number of aromatic nitrogens is 2. The van der Waals surface area contributed by atoms with Crippen LogP contribution in [-0.2, 0) is 16.8 Å². The van der Waals surface area contributed by atoms with Crippen molar-refractivity contribution in [1.82, 2.24) is 20.4 Å². The zero-order chi connectivity index (χ0) is 22.0. The monoisotopic (exact) mass is 446 g/mol. The number of halogens is 2. The molecule has 2 heterocycles. The molecule has 6 nitrogen and oxygen atoms in total. The average Bonchev–Trinajstić information content (AvgIpc) is 3.09. The number of rotatable bonds is 9. The van der Waals surface area contributed by atoms with Gasteiger partial charge >= 0.3 is 0 Å². The van der Waals surface area contributed by atoms with Gasteiger partial charge in [-0.1, -0.05) is 0 Å². The van der Waals surface area contributed by atoms with Crippen molar-refractivity contribution in [3.05, 3.63) is 70.2 Å². The molecule has 1 aliphatic rings. The quantitative estimate of drug-likeness (QED) is 0.472. The molecule has 0 bridgehead atoms. The molecule has 3 aromatic rings. The molecule has 0 radical (unpaired) electrons. The van der Waals surface area contributed by atoms with Gasteiger partial charge in [-0.15, -0.1) is 11.3 Å². The van der Waals surface area contributed by atoms with Crippen LogP contribution in [0.15, 0.2) is 48.1 Å². The molecule has 9 heteroatoms. The number of nitrogens with zero attached hydrogens (tertiary/aromatic N) is 2. The Labute approximate surface area is 182 Å². The topological polar surface area (TPSA) is 79.2 Å². The second-order valence-corrected chi connectivity index (χ2v) is 8.85. The third-order valence-electron chi connectivity index (χ3n) is 5.46. The van der Waals surface area contributed by atoms with Crippen molar-refractivity contribution in [2.45, 2.75) is 43.9 Å². The Morgan fingerprint density at radius 1 is 1.29 bits per heavy atom. The molecule has 1 aliphatic carbocycles. The van der Waals surface area contributed by atoms with Crippen LogP contribution in [0, 0.1) is 11.6 Å². The van der Waals surface area contributed by atoms with E-state index in [0.717, 1.165) is 29.5 Å². The van der Waals surface area contributed by atoms with E-state index >= 15 is 0 Å². The fourth-order valence-corrected chi connectivity index (χ4v) is 4.84. The number of aliphatic hydroxyl groups excluding tert-OH is 1. The van der Waals surface area contributed by atoms with Gasteiger partial charge in [0.1, 0.15) is 11.6 Å². The number of carbonyl (C=O) groups is 1. The second-order valence-electron chi connectivity index (χ2n) is 7.94. The van der Waals surface area contributed by atoms with E-state index < -0.39 is 23.8 Å². The molecule has 3 N–H and O–H groups in total. The highest BCUT2D eigenvalue weighted by Crippen LogP contribution is 2.48. The third-order valence-corrected chi connectivity index (χ3v) is 6.58. The van der Waals surface area contributed by atoms with Crippen LogP contribution in [0.2, 0.25) is 0 Å². The number of hydrogen-bond acceptors (Lipinski definition) is 5. The summed E-state index contributed by atoms with van der Waals surface area (Å²) < 4.78 is 28.9. The molecule has 2 unspecified atom stereocenters. The van der Waals surface area contributed by atoms with E-state index in [1.165, 1.54) is 19.1 Å². The van der Waals surface area contributed by atoms with Crippen molar-refractivity contribution in [1.29, 1.82) is 0 Å². The van der Waals surface area contributed by atoms with E-state index in [-0.39, 0.29) is 24.4 Å². The Morgan fingerprint density at radius 3 is 2.65 bits per heavy atom. The normalized spacial score (nSPS) is 16.6. The summed E-state index contributed by atoms with van der Waals surface area (Å²) >= 11 is 1.64. The zero-order valence-electron chi connectivity index (χ0n) is 17.0. The van der Waals surface area contributed by atoms with Crippen molar-refractivity contribution < 1.29 is 18.7 Å². The van der Waals surface area contributed by atoms with Crippen molar-refractivity contribution >= 4 is 17.2 Å². The maximum Gasteiger partial charge on any atom is 0.217 e. The molecule has 31 heavy (non-hydrogen) atoms.